The molecule has 0 amide bonds. The maximum atomic E-state index is 5.98. The lowest BCUT2D eigenvalue weighted by Gasteiger charge is -2.16. The van der Waals surface area contributed by atoms with Gasteiger partial charge in [-0.05, 0) is 38.5 Å². The second-order valence-electron chi connectivity index (χ2n) is 5.26. The standard InChI is InChI=1S/C14H18ClN3S/c1-10-7-11(2)18(16-10)12-5-6-17(8-12)9-13-3-4-14(15)19-13/h3-4,7,12H,5-6,8-9H2,1-2H3/t12-/m0/s1. The normalized spacial score (nSPS) is 20.3. The van der Waals surface area contributed by atoms with Crippen LogP contribution in [0.2, 0.25) is 4.34 Å². The first-order valence-corrected chi connectivity index (χ1v) is 7.80. The number of aromatic nitrogens is 2. The molecule has 3 heterocycles. The van der Waals surface area contributed by atoms with Crippen molar-refractivity contribution in [2.75, 3.05) is 13.1 Å². The maximum absolute atomic E-state index is 5.98. The summed E-state index contributed by atoms with van der Waals surface area (Å²) in [4.78, 5) is 3.84. The van der Waals surface area contributed by atoms with Crippen LogP contribution in [-0.4, -0.2) is 27.8 Å². The summed E-state index contributed by atoms with van der Waals surface area (Å²) in [6, 6.07) is 6.78. The van der Waals surface area contributed by atoms with E-state index in [2.05, 4.69) is 40.7 Å². The fourth-order valence-electron chi connectivity index (χ4n) is 2.83. The molecular formula is C14H18ClN3S. The number of hydrogen-bond donors (Lipinski definition) is 0. The highest BCUT2D eigenvalue weighted by molar-refractivity contribution is 7.16. The molecule has 0 aliphatic carbocycles. The summed E-state index contributed by atoms with van der Waals surface area (Å²) in [7, 11) is 0. The Kier molecular flexibility index (Phi) is 3.65. The first kappa shape index (κ1) is 13.2. The first-order chi connectivity index (χ1) is 9.11. The first-order valence-electron chi connectivity index (χ1n) is 6.61. The van der Waals surface area contributed by atoms with Crippen LogP contribution in [0.25, 0.3) is 0 Å². The van der Waals surface area contributed by atoms with Crippen LogP contribution in [0.1, 0.15) is 28.7 Å². The van der Waals surface area contributed by atoms with Gasteiger partial charge in [0.2, 0.25) is 0 Å². The molecule has 1 aliphatic rings. The van der Waals surface area contributed by atoms with Crippen molar-refractivity contribution >= 4 is 22.9 Å². The summed E-state index contributed by atoms with van der Waals surface area (Å²) in [5, 5.41) is 4.61. The Morgan fingerprint density at radius 2 is 2.26 bits per heavy atom. The molecule has 0 radical (unpaired) electrons. The zero-order valence-corrected chi connectivity index (χ0v) is 12.8. The van der Waals surface area contributed by atoms with Crippen molar-refractivity contribution in [3.05, 3.63) is 38.8 Å². The lowest BCUT2D eigenvalue weighted by Crippen LogP contribution is -2.21. The Labute approximate surface area is 122 Å². The summed E-state index contributed by atoms with van der Waals surface area (Å²) in [5.74, 6) is 0. The average molecular weight is 296 g/mol. The lowest BCUT2D eigenvalue weighted by atomic mass is 10.2. The van der Waals surface area contributed by atoms with Crippen molar-refractivity contribution in [1.29, 1.82) is 0 Å². The number of nitrogens with zero attached hydrogens (tertiary/aromatic N) is 3. The third kappa shape index (κ3) is 2.86. The Morgan fingerprint density at radius 3 is 2.89 bits per heavy atom. The van der Waals surface area contributed by atoms with E-state index in [9.17, 15) is 0 Å². The summed E-state index contributed by atoms with van der Waals surface area (Å²) < 4.78 is 3.07. The number of halogens is 1. The Bertz CT molecular complexity index is 575. The topological polar surface area (TPSA) is 21.1 Å². The second-order valence-corrected chi connectivity index (χ2v) is 7.05. The Morgan fingerprint density at radius 1 is 1.42 bits per heavy atom. The minimum absolute atomic E-state index is 0.518. The van der Waals surface area contributed by atoms with Crippen LogP contribution in [0.15, 0.2) is 18.2 Å². The molecule has 0 N–H and O–H groups in total. The van der Waals surface area contributed by atoms with Crippen molar-refractivity contribution < 1.29 is 0 Å². The summed E-state index contributed by atoms with van der Waals surface area (Å²) in [6.45, 7) is 7.43. The van der Waals surface area contributed by atoms with Gasteiger partial charge in [0, 0.05) is 30.2 Å². The minimum atomic E-state index is 0.518. The molecule has 3 nitrogen and oxygen atoms in total. The fourth-order valence-corrected chi connectivity index (χ4v) is 3.96. The maximum Gasteiger partial charge on any atom is 0.0931 e. The van der Waals surface area contributed by atoms with Gasteiger partial charge in [-0.2, -0.15) is 5.10 Å². The van der Waals surface area contributed by atoms with E-state index in [1.54, 1.807) is 11.3 Å². The van der Waals surface area contributed by atoms with Crippen molar-refractivity contribution in [2.45, 2.75) is 32.9 Å². The highest BCUT2D eigenvalue weighted by Gasteiger charge is 2.25. The monoisotopic (exact) mass is 295 g/mol. The van der Waals surface area contributed by atoms with Gasteiger partial charge < -0.3 is 0 Å². The van der Waals surface area contributed by atoms with Gasteiger partial charge in [0.15, 0.2) is 0 Å². The zero-order chi connectivity index (χ0) is 13.4. The van der Waals surface area contributed by atoms with E-state index in [0.717, 1.165) is 29.7 Å². The number of likely N-dealkylation sites (tertiary alicyclic amines) is 1. The van der Waals surface area contributed by atoms with E-state index < -0.39 is 0 Å². The minimum Gasteiger partial charge on any atom is -0.296 e. The molecule has 1 fully saturated rings. The van der Waals surface area contributed by atoms with Crippen LogP contribution >= 0.6 is 22.9 Å². The largest absolute Gasteiger partial charge is 0.296 e. The molecular weight excluding hydrogens is 278 g/mol. The van der Waals surface area contributed by atoms with E-state index in [4.69, 9.17) is 11.6 Å². The van der Waals surface area contributed by atoms with Gasteiger partial charge in [-0.15, -0.1) is 11.3 Å². The summed E-state index contributed by atoms with van der Waals surface area (Å²) >= 11 is 7.66. The smallest absolute Gasteiger partial charge is 0.0931 e. The van der Waals surface area contributed by atoms with Gasteiger partial charge in [0.25, 0.3) is 0 Å². The highest BCUT2D eigenvalue weighted by Crippen LogP contribution is 2.27. The van der Waals surface area contributed by atoms with Crippen molar-refractivity contribution in [2.24, 2.45) is 0 Å². The number of aryl methyl sites for hydroxylation is 2. The van der Waals surface area contributed by atoms with Crippen molar-refractivity contribution in [3.8, 4) is 0 Å². The summed E-state index contributed by atoms with van der Waals surface area (Å²) in [6.07, 6.45) is 1.18. The molecule has 1 aliphatic heterocycles. The van der Waals surface area contributed by atoms with Gasteiger partial charge in [0.05, 0.1) is 16.1 Å². The van der Waals surface area contributed by atoms with Crippen LogP contribution in [0, 0.1) is 13.8 Å². The third-order valence-corrected chi connectivity index (χ3v) is 4.86. The molecule has 2 aromatic rings. The molecule has 102 valence electrons. The molecule has 1 saturated heterocycles. The summed E-state index contributed by atoms with van der Waals surface area (Å²) in [5.41, 5.74) is 2.38. The van der Waals surface area contributed by atoms with Gasteiger partial charge >= 0.3 is 0 Å². The van der Waals surface area contributed by atoms with Gasteiger partial charge in [0.1, 0.15) is 0 Å². The fraction of sp³-hybridized carbons (Fsp3) is 0.500. The van der Waals surface area contributed by atoms with Gasteiger partial charge in [-0.25, -0.2) is 0 Å². The van der Waals surface area contributed by atoms with Crippen LogP contribution in [0.5, 0.6) is 0 Å². The van der Waals surface area contributed by atoms with Crippen molar-refractivity contribution in [3.63, 3.8) is 0 Å². The number of rotatable bonds is 3. The van der Waals surface area contributed by atoms with E-state index >= 15 is 0 Å². The van der Waals surface area contributed by atoms with Crippen LogP contribution < -0.4 is 0 Å². The molecule has 3 rings (SSSR count). The molecule has 5 heteroatoms. The van der Waals surface area contributed by atoms with Gasteiger partial charge in [-0.3, -0.25) is 9.58 Å². The highest BCUT2D eigenvalue weighted by atomic mass is 35.5. The lowest BCUT2D eigenvalue weighted by molar-refractivity contribution is 0.313. The quantitative estimate of drug-likeness (QED) is 0.861. The number of thiophene rings is 1. The van der Waals surface area contributed by atoms with E-state index in [0.29, 0.717) is 6.04 Å². The molecule has 0 saturated carbocycles. The van der Waals surface area contributed by atoms with Crippen LogP contribution in [0.4, 0.5) is 0 Å². The second kappa shape index (κ2) is 5.27. The van der Waals surface area contributed by atoms with Crippen LogP contribution in [0.3, 0.4) is 0 Å². The molecule has 1 atom stereocenters. The van der Waals surface area contributed by atoms with E-state index in [1.165, 1.54) is 17.0 Å². The Balaban J connectivity index is 1.65. The predicted molar refractivity (Wildman–Crippen MR) is 80.0 cm³/mol. The number of hydrogen-bond acceptors (Lipinski definition) is 3. The van der Waals surface area contributed by atoms with Gasteiger partial charge in [-0.1, -0.05) is 11.6 Å². The van der Waals surface area contributed by atoms with E-state index in [-0.39, 0.29) is 0 Å². The molecule has 0 aromatic carbocycles. The average Bonchev–Trinajstić information content (AvgIpc) is 3.02. The molecule has 0 unspecified atom stereocenters. The van der Waals surface area contributed by atoms with Crippen LogP contribution in [-0.2, 0) is 6.54 Å². The zero-order valence-electron chi connectivity index (χ0n) is 11.3. The predicted octanol–water partition coefficient (Wildman–Crippen LogP) is 3.66. The Hall–Kier alpha value is -0.840. The molecule has 2 aromatic heterocycles. The molecule has 0 bridgehead atoms. The molecule has 19 heavy (non-hydrogen) atoms. The van der Waals surface area contributed by atoms with Crippen molar-refractivity contribution in [1.82, 2.24) is 14.7 Å². The third-order valence-electron chi connectivity index (χ3n) is 3.65. The molecule has 0 spiro atoms. The SMILES string of the molecule is Cc1cc(C)n([C@H]2CCN(Cc3ccc(Cl)s3)C2)n1. The van der Waals surface area contributed by atoms with E-state index in [1.807, 2.05) is 6.07 Å².